The maximum absolute atomic E-state index is 12.6. The minimum Gasteiger partial charge on any atom is -0.468 e. The fourth-order valence-electron chi connectivity index (χ4n) is 3.99. The molecule has 1 fully saturated rings. The smallest absolute Gasteiger partial charge is 0.271 e. The zero-order valence-corrected chi connectivity index (χ0v) is 18.1. The normalized spacial score (nSPS) is 18.6. The van der Waals surface area contributed by atoms with Crippen molar-refractivity contribution in [3.63, 3.8) is 0 Å². The molecule has 1 aliphatic heterocycles. The molecule has 1 amide bonds. The number of para-hydroxylation sites is 1. The van der Waals surface area contributed by atoms with Crippen LogP contribution >= 0.6 is 23.2 Å². The lowest BCUT2D eigenvalue weighted by molar-refractivity contribution is 0.0866. The van der Waals surface area contributed by atoms with Gasteiger partial charge in [-0.2, -0.15) is 5.10 Å². The van der Waals surface area contributed by atoms with E-state index in [1.165, 1.54) is 4.68 Å². The molecule has 0 unspecified atom stereocenters. The molecule has 2 heterocycles. The predicted octanol–water partition coefficient (Wildman–Crippen LogP) is 4.27. The van der Waals surface area contributed by atoms with Gasteiger partial charge < -0.3 is 15.4 Å². The molecule has 8 heteroatoms. The number of hydrogen-bond acceptors (Lipinski definition) is 4. The van der Waals surface area contributed by atoms with Gasteiger partial charge in [-0.1, -0.05) is 29.3 Å². The van der Waals surface area contributed by atoms with Gasteiger partial charge in [-0.15, -0.1) is 0 Å². The van der Waals surface area contributed by atoms with E-state index in [0.717, 1.165) is 12.8 Å². The Bertz CT molecular complexity index is 827. The summed E-state index contributed by atoms with van der Waals surface area (Å²) in [6.45, 7) is 8.71. The second-order valence-corrected chi connectivity index (χ2v) is 9.35. The van der Waals surface area contributed by atoms with Crippen LogP contribution in [0.3, 0.4) is 0 Å². The van der Waals surface area contributed by atoms with Crippen LogP contribution < -0.4 is 15.4 Å². The molecule has 0 aliphatic carbocycles. The Morgan fingerprint density at radius 2 is 1.82 bits per heavy atom. The minimum absolute atomic E-state index is 0.0406. The summed E-state index contributed by atoms with van der Waals surface area (Å²) in [5.74, 6) is 0.208. The maximum Gasteiger partial charge on any atom is 0.271 e. The van der Waals surface area contributed by atoms with Gasteiger partial charge in [-0.3, -0.25) is 4.79 Å². The van der Waals surface area contributed by atoms with Gasteiger partial charge in [0.1, 0.15) is 5.69 Å². The van der Waals surface area contributed by atoms with E-state index in [1.54, 1.807) is 30.5 Å². The second kappa shape index (κ2) is 7.93. The first kappa shape index (κ1) is 21.0. The Labute approximate surface area is 175 Å². The van der Waals surface area contributed by atoms with E-state index in [2.05, 4.69) is 43.4 Å². The molecule has 0 bridgehead atoms. The molecule has 6 nitrogen and oxygen atoms in total. The predicted molar refractivity (Wildman–Crippen MR) is 111 cm³/mol. The molecular weight excluding hydrogens is 399 g/mol. The van der Waals surface area contributed by atoms with Crippen LogP contribution in [-0.4, -0.2) is 32.8 Å². The zero-order chi connectivity index (χ0) is 20.5. The van der Waals surface area contributed by atoms with Gasteiger partial charge in [0, 0.05) is 23.3 Å². The van der Waals surface area contributed by atoms with Crippen LogP contribution in [0.2, 0.25) is 10.0 Å². The molecule has 0 saturated carbocycles. The summed E-state index contributed by atoms with van der Waals surface area (Å²) in [6, 6.07) is 6.91. The summed E-state index contributed by atoms with van der Waals surface area (Å²) in [6.07, 6.45) is 3.41. The van der Waals surface area contributed by atoms with Gasteiger partial charge in [0.05, 0.1) is 10.0 Å². The number of nitrogens with zero attached hydrogens (tertiary/aromatic N) is 2. The molecule has 0 atom stereocenters. The molecule has 1 aliphatic rings. The van der Waals surface area contributed by atoms with Crippen molar-refractivity contribution in [1.29, 1.82) is 0 Å². The number of rotatable bonds is 5. The fourth-order valence-corrected chi connectivity index (χ4v) is 4.50. The monoisotopic (exact) mass is 424 g/mol. The van der Waals surface area contributed by atoms with Crippen LogP contribution in [0, 0.1) is 0 Å². The van der Waals surface area contributed by atoms with Crippen molar-refractivity contribution in [2.75, 3.05) is 0 Å². The Balaban J connectivity index is 1.61. The first-order valence-electron chi connectivity index (χ1n) is 9.25. The van der Waals surface area contributed by atoms with E-state index in [-0.39, 0.29) is 29.8 Å². The molecule has 1 saturated heterocycles. The molecule has 0 radical (unpaired) electrons. The molecular formula is C20H26Cl2N4O2. The lowest BCUT2D eigenvalue weighted by atomic mass is 9.79. The first-order valence-corrected chi connectivity index (χ1v) is 10.0. The minimum atomic E-state index is -0.187. The van der Waals surface area contributed by atoms with Crippen molar-refractivity contribution in [2.45, 2.75) is 64.4 Å². The molecule has 2 aromatic rings. The van der Waals surface area contributed by atoms with Gasteiger partial charge in [0.15, 0.2) is 12.5 Å². The number of carbonyl (C=O) groups excluding carboxylic acids is 1. The third kappa shape index (κ3) is 5.19. The van der Waals surface area contributed by atoms with E-state index in [9.17, 15) is 4.79 Å². The quantitative estimate of drug-likeness (QED) is 0.751. The Morgan fingerprint density at radius 3 is 2.43 bits per heavy atom. The lowest BCUT2D eigenvalue weighted by Gasteiger charge is -2.46. The Kier molecular flexibility index (Phi) is 5.94. The van der Waals surface area contributed by atoms with Crippen molar-refractivity contribution in [2.24, 2.45) is 0 Å². The second-order valence-electron chi connectivity index (χ2n) is 8.54. The number of hydrogen-bond donors (Lipinski definition) is 2. The molecule has 1 aromatic heterocycles. The number of nitrogens with one attached hydrogen (secondary N) is 2. The van der Waals surface area contributed by atoms with Gasteiger partial charge in [-0.05, 0) is 58.7 Å². The Hall–Kier alpha value is -1.76. The van der Waals surface area contributed by atoms with E-state index in [0.29, 0.717) is 21.5 Å². The van der Waals surface area contributed by atoms with Crippen LogP contribution in [0.5, 0.6) is 5.75 Å². The van der Waals surface area contributed by atoms with Crippen molar-refractivity contribution in [3.8, 4) is 5.75 Å². The number of amides is 1. The van der Waals surface area contributed by atoms with Crippen LogP contribution in [0.4, 0.5) is 0 Å². The molecule has 1 aromatic carbocycles. The summed E-state index contributed by atoms with van der Waals surface area (Å²) in [5, 5.41) is 11.9. The van der Waals surface area contributed by atoms with Crippen molar-refractivity contribution < 1.29 is 9.53 Å². The maximum atomic E-state index is 12.6. The van der Waals surface area contributed by atoms with E-state index < -0.39 is 0 Å². The molecule has 2 N–H and O–H groups in total. The van der Waals surface area contributed by atoms with E-state index >= 15 is 0 Å². The van der Waals surface area contributed by atoms with Crippen LogP contribution in [0.15, 0.2) is 30.5 Å². The molecule has 3 rings (SSSR count). The van der Waals surface area contributed by atoms with Crippen LogP contribution in [0.25, 0.3) is 0 Å². The summed E-state index contributed by atoms with van der Waals surface area (Å²) in [5.41, 5.74) is 0.269. The third-order valence-electron chi connectivity index (χ3n) is 4.66. The van der Waals surface area contributed by atoms with Gasteiger partial charge >= 0.3 is 0 Å². The standard InChI is InChI=1S/C20H26Cl2N4O2/c1-19(2)10-13(11-20(3,4)25-19)23-18(27)16-8-9-26(24-16)12-28-17-14(21)6-5-7-15(17)22/h5-9,13,25H,10-12H2,1-4H3,(H,23,27). The zero-order valence-electron chi connectivity index (χ0n) is 16.6. The first-order chi connectivity index (χ1) is 13.0. The average Bonchev–Trinajstić information content (AvgIpc) is 3.00. The topological polar surface area (TPSA) is 68.2 Å². The summed E-state index contributed by atoms with van der Waals surface area (Å²) < 4.78 is 7.18. The van der Waals surface area contributed by atoms with Gasteiger partial charge in [-0.25, -0.2) is 4.68 Å². The fraction of sp³-hybridized carbons (Fsp3) is 0.500. The Morgan fingerprint density at radius 1 is 1.21 bits per heavy atom. The highest BCUT2D eigenvalue weighted by molar-refractivity contribution is 6.37. The highest BCUT2D eigenvalue weighted by atomic mass is 35.5. The van der Waals surface area contributed by atoms with Gasteiger partial charge in [0.2, 0.25) is 0 Å². The van der Waals surface area contributed by atoms with Crippen LogP contribution in [0.1, 0.15) is 51.0 Å². The SMILES string of the molecule is CC1(C)CC(NC(=O)c2ccn(COc3c(Cl)cccc3Cl)n2)CC(C)(C)N1. The van der Waals surface area contributed by atoms with Crippen molar-refractivity contribution in [3.05, 3.63) is 46.2 Å². The summed E-state index contributed by atoms with van der Waals surface area (Å²) in [4.78, 5) is 12.6. The molecule has 28 heavy (non-hydrogen) atoms. The number of carbonyl (C=O) groups is 1. The van der Waals surface area contributed by atoms with E-state index in [4.69, 9.17) is 27.9 Å². The number of benzene rings is 1. The van der Waals surface area contributed by atoms with E-state index in [1.807, 2.05) is 0 Å². The van der Waals surface area contributed by atoms with Crippen LogP contribution in [-0.2, 0) is 6.73 Å². The highest BCUT2D eigenvalue weighted by Gasteiger charge is 2.38. The number of ether oxygens (including phenoxy) is 1. The highest BCUT2D eigenvalue weighted by Crippen LogP contribution is 2.32. The number of halogens is 2. The van der Waals surface area contributed by atoms with Crippen molar-refractivity contribution >= 4 is 29.1 Å². The lowest BCUT2D eigenvalue weighted by Crippen LogP contribution is -2.62. The number of aromatic nitrogens is 2. The van der Waals surface area contributed by atoms with Crippen molar-refractivity contribution in [1.82, 2.24) is 20.4 Å². The summed E-state index contributed by atoms with van der Waals surface area (Å²) >= 11 is 12.2. The third-order valence-corrected chi connectivity index (χ3v) is 5.25. The summed E-state index contributed by atoms with van der Waals surface area (Å²) in [7, 11) is 0. The van der Waals surface area contributed by atoms with Gasteiger partial charge in [0.25, 0.3) is 5.91 Å². The average molecular weight is 425 g/mol. The number of piperidine rings is 1. The molecule has 0 spiro atoms. The molecule has 152 valence electrons. The largest absolute Gasteiger partial charge is 0.468 e.